The van der Waals surface area contributed by atoms with Gasteiger partial charge in [-0.2, -0.15) is 0 Å². The summed E-state index contributed by atoms with van der Waals surface area (Å²) >= 11 is 0. The number of nitrogens with one attached hydrogen (secondary N) is 1. The molecule has 1 aliphatic rings. The van der Waals surface area contributed by atoms with Crippen LogP contribution in [0.3, 0.4) is 0 Å². The van der Waals surface area contributed by atoms with Crippen molar-refractivity contribution in [2.24, 2.45) is 0 Å². The summed E-state index contributed by atoms with van der Waals surface area (Å²) in [5.41, 5.74) is 0. The van der Waals surface area contributed by atoms with Gasteiger partial charge in [0.25, 0.3) is 0 Å². The highest BCUT2D eigenvalue weighted by atomic mass is 33.1. The second-order valence-electron chi connectivity index (χ2n) is 3.14. The molecule has 1 heterocycles. The zero-order chi connectivity index (χ0) is 11.3. The van der Waals surface area contributed by atoms with Crippen LogP contribution in [0.2, 0.25) is 0 Å². The van der Waals surface area contributed by atoms with Gasteiger partial charge in [-0.05, 0) is 6.92 Å². The largest absolute Gasteiger partial charge is 0.480 e. The zero-order valence-electron chi connectivity index (χ0n) is 8.43. The molecular formula is C8H14N2O3S2. The quantitative estimate of drug-likeness (QED) is 0.712. The van der Waals surface area contributed by atoms with E-state index < -0.39 is 12.0 Å². The van der Waals surface area contributed by atoms with Gasteiger partial charge in [0.1, 0.15) is 6.04 Å². The molecular weight excluding hydrogens is 236 g/mol. The third-order valence-corrected chi connectivity index (χ3v) is 4.34. The van der Waals surface area contributed by atoms with E-state index in [1.807, 2.05) is 0 Å². The Morgan fingerprint density at radius 2 is 1.87 bits per heavy atom. The average molecular weight is 250 g/mol. The van der Waals surface area contributed by atoms with E-state index >= 15 is 0 Å². The van der Waals surface area contributed by atoms with Crippen LogP contribution in [-0.2, 0) is 4.79 Å². The number of hydrogen-bond donors (Lipinski definition) is 2. The number of carboxylic acids is 1. The lowest BCUT2D eigenvalue weighted by atomic mass is 10.3. The van der Waals surface area contributed by atoms with Crippen LogP contribution in [0.1, 0.15) is 6.92 Å². The van der Waals surface area contributed by atoms with Gasteiger partial charge in [-0.3, -0.25) is 4.79 Å². The third kappa shape index (κ3) is 4.21. The topological polar surface area (TPSA) is 69.6 Å². The molecule has 1 saturated heterocycles. The van der Waals surface area contributed by atoms with Gasteiger partial charge in [0.05, 0.1) is 0 Å². The van der Waals surface area contributed by atoms with Crippen molar-refractivity contribution in [3.63, 3.8) is 0 Å². The molecule has 0 aromatic rings. The first-order valence-electron chi connectivity index (χ1n) is 4.64. The first kappa shape index (κ1) is 12.5. The monoisotopic (exact) mass is 250 g/mol. The molecule has 2 amide bonds. The Morgan fingerprint density at radius 1 is 1.33 bits per heavy atom. The fourth-order valence-corrected chi connectivity index (χ4v) is 3.05. The Balaban J connectivity index is 2.41. The van der Waals surface area contributed by atoms with Gasteiger partial charge >= 0.3 is 12.0 Å². The number of hydrogen-bond acceptors (Lipinski definition) is 4. The maximum atomic E-state index is 11.6. The minimum absolute atomic E-state index is 0.284. The lowest BCUT2D eigenvalue weighted by molar-refractivity contribution is -0.138. The first-order valence-corrected chi connectivity index (χ1v) is 7.12. The molecule has 1 aliphatic heterocycles. The number of carbonyl (C=O) groups is 2. The van der Waals surface area contributed by atoms with Crippen LogP contribution >= 0.6 is 21.6 Å². The molecule has 0 radical (unpaired) electrons. The fraction of sp³-hybridized carbons (Fsp3) is 0.750. The lowest BCUT2D eigenvalue weighted by Gasteiger charge is -2.21. The van der Waals surface area contributed by atoms with Gasteiger partial charge in [-0.1, -0.05) is 21.6 Å². The summed E-state index contributed by atoms with van der Waals surface area (Å²) in [5.74, 6) is 0.765. The molecule has 1 atom stereocenters. The first-order chi connectivity index (χ1) is 7.11. The van der Waals surface area contributed by atoms with Crippen molar-refractivity contribution in [3.8, 4) is 0 Å². The van der Waals surface area contributed by atoms with Crippen molar-refractivity contribution in [2.75, 3.05) is 24.6 Å². The highest BCUT2D eigenvalue weighted by molar-refractivity contribution is 8.76. The summed E-state index contributed by atoms with van der Waals surface area (Å²) in [6.45, 7) is 2.81. The van der Waals surface area contributed by atoms with Gasteiger partial charge in [0, 0.05) is 24.6 Å². The molecule has 0 saturated carbocycles. The van der Waals surface area contributed by atoms with Gasteiger partial charge in [-0.15, -0.1) is 0 Å². The molecule has 1 unspecified atom stereocenters. The molecule has 1 rings (SSSR count). The van der Waals surface area contributed by atoms with Gasteiger partial charge in [0.2, 0.25) is 0 Å². The molecule has 0 aromatic heterocycles. The van der Waals surface area contributed by atoms with E-state index in [1.54, 1.807) is 26.5 Å². The van der Waals surface area contributed by atoms with Crippen LogP contribution in [-0.4, -0.2) is 52.6 Å². The highest BCUT2D eigenvalue weighted by Gasteiger charge is 2.20. The molecule has 1 fully saturated rings. The highest BCUT2D eigenvalue weighted by Crippen LogP contribution is 2.23. The van der Waals surface area contributed by atoms with Crippen LogP contribution in [0.4, 0.5) is 4.79 Å². The number of rotatable bonds is 2. The smallest absolute Gasteiger partial charge is 0.325 e. The minimum atomic E-state index is -1.01. The van der Waals surface area contributed by atoms with E-state index in [4.69, 9.17) is 5.11 Å². The van der Waals surface area contributed by atoms with Crippen molar-refractivity contribution in [1.82, 2.24) is 10.2 Å². The predicted octanol–water partition coefficient (Wildman–Crippen LogP) is 0.866. The van der Waals surface area contributed by atoms with Crippen LogP contribution in [0.25, 0.3) is 0 Å². The maximum Gasteiger partial charge on any atom is 0.325 e. The maximum absolute atomic E-state index is 11.6. The number of aliphatic carboxylic acids is 1. The normalized spacial score (nSPS) is 19.1. The van der Waals surface area contributed by atoms with Gasteiger partial charge < -0.3 is 15.3 Å². The summed E-state index contributed by atoms with van der Waals surface area (Å²) < 4.78 is 0. The number of nitrogens with zero attached hydrogens (tertiary/aromatic N) is 1. The van der Waals surface area contributed by atoms with E-state index in [0.29, 0.717) is 13.1 Å². The Bertz CT molecular complexity index is 242. The van der Waals surface area contributed by atoms with Crippen molar-refractivity contribution in [3.05, 3.63) is 0 Å². The van der Waals surface area contributed by atoms with Crippen molar-refractivity contribution in [1.29, 1.82) is 0 Å². The molecule has 0 bridgehead atoms. The molecule has 2 N–H and O–H groups in total. The van der Waals surface area contributed by atoms with Crippen molar-refractivity contribution >= 4 is 33.6 Å². The Labute approximate surface area is 96.4 Å². The standard InChI is InChI=1S/C8H14N2O3S2/c1-6(7(11)12)9-8(13)10-2-4-14-15-5-3-10/h6H,2-5H2,1H3,(H,9,13)(H,11,12). The van der Waals surface area contributed by atoms with Crippen molar-refractivity contribution in [2.45, 2.75) is 13.0 Å². The Morgan fingerprint density at radius 3 is 2.33 bits per heavy atom. The van der Waals surface area contributed by atoms with E-state index in [2.05, 4.69) is 5.32 Å². The molecule has 0 aromatic carbocycles. The summed E-state index contributed by atoms with van der Waals surface area (Å²) in [5, 5.41) is 11.1. The molecule has 7 heteroatoms. The van der Waals surface area contributed by atoms with Gasteiger partial charge in [0.15, 0.2) is 0 Å². The van der Waals surface area contributed by atoms with Crippen LogP contribution < -0.4 is 5.32 Å². The molecule has 86 valence electrons. The second-order valence-corrected chi connectivity index (χ2v) is 5.84. The summed E-state index contributed by atoms with van der Waals surface area (Å²) in [6, 6.07) is -1.12. The Kier molecular flexibility index (Phi) is 5.10. The number of urea groups is 1. The summed E-state index contributed by atoms with van der Waals surface area (Å²) in [4.78, 5) is 23.8. The third-order valence-electron chi connectivity index (χ3n) is 1.97. The Hall–Kier alpha value is -0.560. The number of amides is 2. The second kappa shape index (κ2) is 6.12. The van der Waals surface area contributed by atoms with Gasteiger partial charge in [-0.25, -0.2) is 4.79 Å². The zero-order valence-corrected chi connectivity index (χ0v) is 10.1. The average Bonchev–Trinajstić information content (AvgIpc) is 2.45. The lowest BCUT2D eigenvalue weighted by Crippen LogP contribution is -2.47. The number of carbonyl (C=O) groups excluding carboxylic acids is 1. The van der Waals surface area contributed by atoms with E-state index in [1.165, 1.54) is 6.92 Å². The fourth-order valence-electron chi connectivity index (χ4n) is 1.07. The van der Waals surface area contributed by atoms with Crippen LogP contribution in [0.5, 0.6) is 0 Å². The molecule has 0 spiro atoms. The van der Waals surface area contributed by atoms with Crippen molar-refractivity contribution < 1.29 is 14.7 Å². The van der Waals surface area contributed by atoms with Crippen LogP contribution in [0.15, 0.2) is 0 Å². The van der Waals surface area contributed by atoms with E-state index in [9.17, 15) is 9.59 Å². The summed E-state index contributed by atoms with van der Waals surface area (Å²) in [7, 11) is 3.48. The predicted molar refractivity (Wildman–Crippen MR) is 62.1 cm³/mol. The molecule has 5 nitrogen and oxygen atoms in total. The van der Waals surface area contributed by atoms with Crippen LogP contribution in [0, 0.1) is 0 Å². The van der Waals surface area contributed by atoms with E-state index in [-0.39, 0.29) is 6.03 Å². The molecule has 0 aliphatic carbocycles. The van der Waals surface area contributed by atoms with E-state index in [0.717, 1.165) is 11.5 Å². The number of carboxylic acid groups (broad SMARTS) is 1. The summed E-state index contributed by atoms with van der Waals surface area (Å²) in [6.07, 6.45) is 0. The minimum Gasteiger partial charge on any atom is -0.480 e. The SMILES string of the molecule is CC(NC(=O)N1CCSSCC1)C(=O)O. The molecule has 15 heavy (non-hydrogen) atoms.